The van der Waals surface area contributed by atoms with Crippen molar-refractivity contribution in [2.45, 2.75) is 42.9 Å². The minimum absolute atomic E-state index is 0.0178. The average Bonchev–Trinajstić information content (AvgIpc) is 3.52. The molecule has 0 aliphatic carbocycles. The normalized spacial score (nSPS) is 17.5. The Balaban J connectivity index is 1.33. The number of carbonyl (C=O) groups is 1. The van der Waals surface area contributed by atoms with Crippen LogP contribution in [0.4, 0.5) is 0 Å². The van der Waals surface area contributed by atoms with Gasteiger partial charge in [0.2, 0.25) is 11.7 Å². The van der Waals surface area contributed by atoms with Crippen LogP contribution in [0.3, 0.4) is 0 Å². The summed E-state index contributed by atoms with van der Waals surface area (Å²) in [5.41, 5.74) is 1.30. The van der Waals surface area contributed by atoms with Crippen LogP contribution in [0.5, 0.6) is 0 Å². The molecule has 0 saturated carbocycles. The number of thioether (sulfide) groups is 1. The first-order valence-corrected chi connectivity index (χ1v) is 11.3. The number of aromatic nitrogens is 3. The SMILES string of the molecule is C=CCn1c(SC(C)C(=O)NC2CCN(Cc3ccccc3)C2)nnc1-c1ccco1. The van der Waals surface area contributed by atoms with Gasteiger partial charge in [-0.05, 0) is 31.0 Å². The molecular weight excluding hydrogens is 410 g/mol. The quantitative estimate of drug-likeness (QED) is 0.407. The van der Waals surface area contributed by atoms with E-state index in [4.69, 9.17) is 4.42 Å². The van der Waals surface area contributed by atoms with E-state index in [1.54, 1.807) is 12.3 Å². The first-order chi connectivity index (χ1) is 15.1. The molecule has 7 nitrogen and oxygen atoms in total. The topological polar surface area (TPSA) is 76.2 Å². The Morgan fingerprint density at radius 2 is 2.16 bits per heavy atom. The van der Waals surface area contributed by atoms with Gasteiger partial charge in [-0.15, -0.1) is 16.8 Å². The lowest BCUT2D eigenvalue weighted by Crippen LogP contribution is -2.40. The number of likely N-dealkylation sites (tertiary alicyclic amines) is 1. The van der Waals surface area contributed by atoms with Crippen molar-refractivity contribution in [1.82, 2.24) is 25.0 Å². The number of rotatable bonds is 9. The van der Waals surface area contributed by atoms with E-state index >= 15 is 0 Å². The van der Waals surface area contributed by atoms with Crippen LogP contribution in [0, 0.1) is 0 Å². The van der Waals surface area contributed by atoms with Crippen molar-refractivity contribution in [3.63, 3.8) is 0 Å². The number of carbonyl (C=O) groups excluding carboxylic acids is 1. The minimum Gasteiger partial charge on any atom is -0.461 e. The molecule has 2 unspecified atom stereocenters. The van der Waals surface area contributed by atoms with Gasteiger partial charge >= 0.3 is 0 Å². The van der Waals surface area contributed by atoms with Gasteiger partial charge in [0.05, 0.1) is 11.5 Å². The van der Waals surface area contributed by atoms with E-state index in [9.17, 15) is 4.79 Å². The molecule has 2 aromatic heterocycles. The van der Waals surface area contributed by atoms with E-state index in [0.29, 0.717) is 23.3 Å². The van der Waals surface area contributed by atoms with E-state index < -0.39 is 0 Å². The van der Waals surface area contributed by atoms with Crippen molar-refractivity contribution in [2.24, 2.45) is 0 Å². The standard InChI is InChI=1S/C23H27N5O2S/c1-3-12-28-21(20-10-7-14-30-20)25-26-23(28)31-17(2)22(29)24-19-11-13-27(16-19)15-18-8-5-4-6-9-18/h3-10,14,17,19H,1,11-13,15-16H2,2H3,(H,24,29). The van der Waals surface area contributed by atoms with Crippen LogP contribution in [0.25, 0.3) is 11.6 Å². The molecule has 162 valence electrons. The van der Waals surface area contributed by atoms with Crippen molar-refractivity contribution in [1.29, 1.82) is 0 Å². The van der Waals surface area contributed by atoms with Crippen molar-refractivity contribution >= 4 is 17.7 Å². The molecule has 3 aromatic rings. The van der Waals surface area contributed by atoms with Crippen LogP contribution in [0.15, 0.2) is 71.0 Å². The predicted molar refractivity (Wildman–Crippen MR) is 122 cm³/mol. The fourth-order valence-corrected chi connectivity index (χ4v) is 4.59. The molecule has 0 spiro atoms. The minimum atomic E-state index is -0.291. The summed E-state index contributed by atoms with van der Waals surface area (Å²) in [6, 6.07) is 14.3. The van der Waals surface area contributed by atoms with Crippen molar-refractivity contribution in [2.75, 3.05) is 13.1 Å². The fourth-order valence-electron chi connectivity index (χ4n) is 3.72. The molecule has 1 aromatic carbocycles. The molecule has 1 N–H and O–H groups in total. The van der Waals surface area contributed by atoms with Crippen molar-refractivity contribution < 1.29 is 9.21 Å². The van der Waals surface area contributed by atoms with Crippen LogP contribution >= 0.6 is 11.8 Å². The molecule has 1 fully saturated rings. The molecule has 1 amide bonds. The molecule has 4 rings (SSSR count). The number of nitrogens with zero attached hydrogens (tertiary/aromatic N) is 4. The van der Waals surface area contributed by atoms with Gasteiger partial charge in [-0.3, -0.25) is 14.3 Å². The summed E-state index contributed by atoms with van der Waals surface area (Å²) in [4.78, 5) is 15.2. The fraction of sp³-hybridized carbons (Fsp3) is 0.348. The molecule has 31 heavy (non-hydrogen) atoms. The van der Waals surface area contributed by atoms with Crippen molar-refractivity contribution in [3.05, 3.63) is 66.9 Å². The van der Waals surface area contributed by atoms with Gasteiger partial charge in [-0.2, -0.15) is 0 Å². The first-order valence-electron chi connectivity index (χ1n) is 10.5. The Morgan fingerprint density at radius 1 is 1.32 bits per heavy atom. The number of nitrogens with one attached hydrogen (secondary N) is 1. The molecule has 3 heterocycles. The lowest BCUT2D eigenvalue weighted by atomic mass is 10.2. The summed E-state index contributed by atoms with van der Waals surface area (Å²) in [6.45, 7) is 9.03. The Morgan fingerprint density at radius 3 is 2.90 bits per heavy atom. The maximum absolute atomic E-state index is 12.8. The van der Waals surface area contributed by atoms with E-state index in [0.717, 1.165) is 26.1 Å². The zero-order valence-electron chi connectivity index (χ0n) is 17.6. The summed E-state index contributed by atoms with van der Waals surface area (Å²) >= 11 is 1.40. The molecular formula is C23H27N5O2S. The first kappa shape index (κ1) is 21.4. The summed E-state index contributed by atoms with van der Waals surface area (Å²) in [5, 5.41) is 12.1. The monoisotopic (exact) mass is 437 g/mol. The van der Waals surface area contributed by atoms with Gasteiger partial charge in [0, 0.05) is 32.2 Å². The van der Waals surface area contributed by atoms with Crippen LogP contribution in [0.1, 0.15) is 18.9 Å². The third-order valence-corrected chi connectivity index (χ3v) is 6.37. The second kappa shape index (κ2) is 9.98. The second-order valence-electron chi connectivity index (χ2n) is 7.66. The van der Waals surface area contributed by atoms with Gasteiger partial charge < -0.3 is 9.73 Å². The molecule has 1 aliphatic heterocycles. The highest BCUT2D eigenvalue weighted by Gasteiger charge is 2.27. The maximum atomic E-state index is 12.8. The lowest BCUT2D eigenvalue weighted by molar-refractivity contribution is -0.120. The predicted octanol–water partition coefficient (Wildman–Crippen LogP) is 3.60. The van der Waals surface area contributed by atoms with Gasteiger partial charge in [0.25, 0.3) is 0 Å². The zero-order valence-corrected chi connectivity index (χ0v) is 18.4. The second-order valence-corrected chi connectivity index (χ2v) is 8.97. The van der Waals surface area contributed by atoms with Gasteiger partial charge in [0.1, 0.15) is 0 Å². The Hall–Kier alpha value is -2.84. The van der Waals surface area contributed by atoms with Gasteiger partial charge in [0.15, 0.2) is 10.9 Å². The summed E-state index contributed by atoms with van der Waals surface area (Å²) < 4.78 is 7.38. The van der Waals surface area contributed by atoms with E-state index in [-0.39, 0.29) is 17.2 Å². The molecule has 1 saturated heterocycles. The number of benzene rings is 1. The molecule has 2 atom stereocenters. The summed E-state index contributed by atoms with van der Waals surface area (Å²) in [5.74, 6) is 1.29. The summed E-state index contributed by atoms with van der Waals surface area (Å²) in [6.07, 6.45) is 4.35. The highest BCUT2D eigenvalue weighted by atomic mass is 32.2. The highest BCUT2D eigenvalue weighted by molar-refractivity contribution is 8.00. The van der Waals surface area contributed by atoms with E-state index in [1.165, 1.54) is 17.3 Å². The molecule has 0 bridgehead atoms. The Kier molecular flexibility index (Phi) is 6.89. The van der Waals surface area contributed by atoms with Crippen LogP contribution in [0.2, 0.25) is 0 Å². The third-order valence-electron chi connectivity index (χ3n) is 5.29. The molecule has 1 aliphatic rings. The van der Waals surface area contributed by atoms with E-state index in [1.807, 2.05) is 29.7 Å². The largest absolute Gasteiger partial charge is 0.461 e. The number of amides is 1. The van der Waals surface area contributed by atoms with Crippen LogP contribution < -0.4 is 5.32 Å². The number of allylic oxidation sites excluding steroid dienone is 1. The zero-order chi connectivity index (χ0) is 21.6. The Bertz CT molecular complexity index is 1000. The van der Waals surface area contributed by atoms with Gasteiger partial charge in [-0.25, -0.2) is 0 Å². The number of furan rings is 1. The number of hydrogen-bond donors (Lipinski definition) is 1. The Labute approximate surface area is 186 Å². The maximum Gasteiger partial charge on any atom is 0.233 e. The number of hydrogen-bond acceptors (Lipinski definition) is 6. The average molecular weight is 438 g/mol. The lowest BCUT2D eigenvalue weighted by Gasteiger charge is -2.18. The van der Waals surface area contributed by atoms with E-state index in [2.05, 4.69) is 51.3 Å². The van der Waals surface area contributed by atoms with Crippen molar-refractivity contribution in [3.8, 4) is 11.6 Å². The van der Waals surface area contributed by atoms with Crippen LogP contribution in [-0.4, -0.2) is 50.0 Å². The smallest absolute Gasteiger partial charge is 0.233 e. The summed E-state index contributed by atoms with van der Waals surface area (Å²) in [7, 11) is 0. The highest BCUT2D eigenvalue weighted by Crippen LogP contribution is 2.27. The molecule has 0 radical (unpaired) electrons. The van der Waals surface area contributed by atoms with Crippen LogP contribution in [-0.2, 0) is 17.9 Å². The molecule has 8 heteroatoms. The van der Waals surface area contributed by atoms with Gasteiger partial charge in [-0.1, -0.05) is 48.2 Å². The third kappa shape index (κ3) is 5.26.